The van der Waals surface area contributed by atoms with Crippen LogP contribution < -0.4 is 10.1 Å². The molecule has 1 N–H and O–H groups in total. The Morgan fingerprint density at radius 1 is 1.19 bits per heavy atom. The molecule has 7 heteroatoms. The van der Waals surface area contributed by atoms with Crippen molar-refractivity contribution in [2.45, 2.75) is 30.4 Å². The monoisotopic (exact) mass is 389 g/mol. The minimum Gasteiger partial charge on any atom is -0.488 e. The third-order valence-corrected chi connectivity index (χ3v) is 5.52. The predicted octanol–water partition coefficient (Wildman–Crippen LogP) is 2.58. The predicted molar refractivity (Wildman–Crippen MR) is 102 cm³/mol. The van der Waals surface area contributed by atoms with Crippen LogP contribution in [-0.2, 0) is 21.2 Å². The zero-order valence-electron chi connectivity index (χ0n) is 15.2. The summed E-state index contributed by atoms with van der Waals surface area (Å²) in [5.74, 6) is 0.281. The van der Waals surface area contributed by atoms with Crippen molar-refractivity contribution in [2.75, 3.05) is 19.4 Å². The third-order valence-electron chi connectivity index (χ3n) is 4.39. The highest BCUT2D eigenvalue weighted by molar-refractivity contribution is 7.90. The van der Waals surface area contributed by atoms with Gasteiger partial charge in [-0.1, -0.05) is 24.3 Å². The number of benzene rings is 2. The molecule has 2 aromatic carbocycles. The molecule has 6 nitrogen and oxygen atoms in total. The van der Waals surface area contributed by atoms with Gasteiger partial charge in [-0.2, -0.15) is 0 Å². The fraction of sp³-hybridized carbons (Fsp3) is 0.350. The Hall–Kier alpha value is -2.38. The van der Waals surface area contributed by atoms with E-state index < -0.39 is 9.84 Å². The largest absolute Gasteiger partial charge is 0.488 e. The number of para-hydroxylation sites is 1. The van der Waals surface area contributed by atoms with Gasteiger partial charge in [-0.05, 0) is 42.7 Å². The topological polar surface area (TPSA) is 81.7 Å². The smallest absolute Gasteiger partial charge is 0.255 e. The van der Waals surface area contributed by atoms with Gasteiger partial charge in [-0.3, -0.25) is 4.79 Å². The Balaban J connectivity index is 1.62. The summed E-state index contributed by atoms with van der Waals surface area (Å²) >= 11 is 0. The lowest BCUT2D eigenvalue weighted by Gasteiger charge is -2.14. The minimum absolute atomic E-state index is 0.0791. The van der Waals surface area contributed by atoms with E-state index in [1.54, 1.807) is 48.5 Å². The van der Waals surface area contributed by atoms with Gasteiger partial charge in [0.15, 0.2) is 9.84 Å². The highest BCUT2D eigenvalue weighted by atomic mass is 32.2. The van der Waals surface area contributed by atoms with E-state index in [9.17, 15) is 13.2 Å². The van der Waals surface area contributed by atoms with Crippen LogP contribution in [0.3, 0.4) is 0 Å². The molecular formula is C20H23NO5S. The zero-order valence-corrected chi connectivity index (χ0v) is 16.0. The summed E-state index contributed by atoms with van der Waals surface area (Å²) in [7, 11) is -3.22. The molecule has 0 aliphatic carbocycles. The van der Waals surface area contributed by atoms with Crippen LogP contribution in [0.5, 0.6) is 5.75 Å². The summed E-state index contributed by atoms with van der Waals surface area (Å²) in [6.07, 6.45) is 3.24. The number of hydrogen-bond donors (Lipinski definition) is 1. The lowest BCUT2D eigenvalue weighted by Crippen LogP contribution is -2.32. The standard InChI is InChI=1S/C20H23NO5S/c1-27(23,24)17-10-8-15(9-11-17)14-26-19-7-3-2-6-18(19)20(22)21-13-16-5-4-12-25-16/h2-3,6-11,16H,4-5,12-14H2,1H3,(H,21,22)/t16-/m1/s1. The highest BCUT2D eigenvalue weighted by Gasteiger charge is 2.18. The fourth-order valence-corrected chi connectivity index (χ4v) is 3.51. The van der Waals surface area contributed by atoms with Crippen LogP contribution in [0.4, 0.5) is 0 Å². The summed E-state index contributed by atoms with van der Waals surface area (Å²) < 4.78 is 34.4. The quantitative estimate of drug-likeness (QED) is 0.787. The van der Waals surface area contributed by atoms with Crippen LogP contribution in [0.2, 0.25) is 0 Å². The van der Waals surface area contributed by atoms with Gasteiger partial charge < -0.3 is 14.8 Å². The molecule has 1 heterocycles. The molecule has 1 amide bonds. The Labute approximate surface area is 159 Å². The number of sulfone groups is 1. The van der Waals surface area contributed by atoms with Crippen molar-refractivity contribution < 1.29 is 22.7 Å². The molecule has 1 aliphatic heterocycles. The summed E-state index contributed by atoms with van der Waals surface area (Å²) in [4.78, 5) is 12.7. The summed E-state index contributed by atoms with van der Waals surface area (Å²) in [5.41, 5.74) is 1.28. The number of amides is 1. The minimum atomic E-state index is -3.22. The molecule has 2 aromatic rings. The lowest BCUT2D eigenvalue weighted by atomic mass is 10.1. The van der Waals surface area contributed by atoms with Gasteiger partial charge in [-0.25, -0.2) is 8.42 Å². The van der Waals surface area contributed by atoms with Gasteiger partial charge >= 0.3 is 0 Å². The molecule has 0 unspecified atom stereocenters. The molecular weight excluding hydrogens is 366 g/mol. The van der Waals surface area contributed by atoms with Crippen molar-refractivity contribution in [3.8, 4) is 5.75 Å². The van der Waals surface area contributed by atoms with Gasteiger partial charge in [0.2, 0.25) is 0 Å². The van der Waals surface area contributed by atoms with E-state index in [0.717, 1.165) is 25.0 Å². The number of hydrogen-bond acceptors (Lipinski definition) is 5. The number of ether oxygens (including phenoxy) is 2. The molecule has 1 fully saturated rings. The maximum Gasteiger partial charge on any atom is 0.255 e. The first-order chi connectivity index (χ1) is 12.9. The molecule has 0 spiro atoms. The maximum absolute atomic E-state index is 12.5. The summed E-state index contributed by atoms with van der Waals surface area (Å²) in [5, 5.41) is 2.89. The van der Waals surface area contributed by atoms with Crippen LogP contribution in [0.25, 0.3) is 0 Å². The average molecular weight is 389 g/mol. The van der Waals surface area contributed by atoms with Gasteiger partial charge in [-0.15, -0.1) is 0 Å². The van der Waals surface area contributed by atoms with Crippen LogP contribution >= 0.6 is 0 Å². The molecule has 0 radical (unpaired) electrons. The second-order valence-electron chi connectivity index (χ2n) is 6.55. The second-order valence-corrected chi connectivity index (χ2v) is 8.56. The first-order valence-corrected chi connectivity index (χ1v) is 10.7. The van der Waals surface area contributed by atoms with Crippen molar-refractivity contribution in [3.63, 3.8) is 0 Å². The van der Waals surface area contributed by atoms with Crippen LogP contribution in [0.1, 0.15) is 28.8 Å². The van der Waals surface area contributed by atoms with E-state index >= 15 is 0 Å². The molecule has 1 saturated heterocycles. The second kappa shape index (κ2) is 8.54. The molecule has 0 aromatic heterocycles. The number of carbonyl (C=O) groups is 1. The van der Waals surface area contributed by atoms with E-state index in [1.165, 1.54) is 6.26 Å². The first kappa shape index (κ1) is 19.4. The maximum atomic E-state index is 12.5. The van der Waals surface area contributed by atoms with Crippen LogP contribution in [-0.4, -0.2) is 39.8 Å². The first-order valence-electron chi connectivity index (χ1n) is 8.84. The van der Waals surface area contributed by atoms with Crippen LogP contribution in [0, 0.1) is 0 Å². The number of nitrogens with one attached hydrogen (secondary N) is 1. The number of carbonyl (C=O) groups excluding carboxylic acids is 1. The highest BCUT2D eigenvalue weighted by Crippen LogP contribution is 2.20. The van der Waals surface area contributed by atoms with Gasteiger partial charge in [0.1, 0.15) is 12.4 Å². The van der Waals surface area contributed by atoms with Crippen molar-refractivity contribution >= 4 is 15.7 Å². The van der Waals surface area contributed by atoms with Crippen molar-refractivity contribution in [2.24, 2.45) is 0 Å². The molecule has 0 saturated carbocycles. The Bertz CT molecular complexity index is 887. The van der Waals surface area contributed by atoms with Crippen LogP contribution in [0.15, 0.2) is 53.4 Å². The van der Waals surface area contributed by atoms with E-state index in [-0.39, 0.29) is 23.5 Å². The summed E-state index contributed by atoms with van der Waals surface area (Å²) in [6, 6.07) is 13.6. The molecule has 3 rings (SSSR count). The Kier molecular flexibility index (Phi) is 6.13. The van der Waals surface area contributed by atoms with Gasteiger partial charge in [0.05, 0.1) is 16.6 Å². The Morgan fingerprint density at radius 2 is 1.93 bits per heavy atom. The molecule has 1 atom stereocenters. The lowest BCUT2D eigenvalue weighted by molar-refractivity contribution is 0.0854. The zero-order chi connectivity index (χ0) is 19.3. The summed E-state index contributed by atoms with van der Waals surface area (Å²) in [6.45, 7) is 1.47. The average Bonchev–Trinajstić information content (AvgIpc) is 3.18. The molecule has 27 heavy (non-hydrogen) atoms. The van der Waals surface area contributed by atoms with Crippen molar-refractivity contribution in [1.29, 1.82) is 0 Å². The van der Waals surface area contributed by atoms with E-state index in [2.05, 4.69) is 5.32 Å². The number of rotatable bonds is 7. The molecule has 0 bridgehead atoms. The van der Waals surface area contributed by atoms with Gasteiger partial charge in [0.25, 0.3) is 5.91 Å². The SMILES string of the molecule is CS(=O)(=O)c1ccc(COc2ccccc2C(=O)NC[C@H]2CCCO2)cc1. The van der Waals surface area contributed by atoms with E-state index in [4.69, 9.17) is 9.47 Å². The Morgan fingerprint density at radius 3 is 2.59 bits per heavy atom. The molecule has 144 valence electrons. The van der Waals surface area contributed by atoms with E-state index in [0.29, 0.717) is 17.9 Å². The van der Waals surface area contributed by atoms with Crippen molar-refractivity contribution in [1.82, 2.24) is 5.32 Å². The van der Waals surface area contributed by atoms with Gasteiger partial charge in [0, 0.05) is 19.4 Å². The third kappa shape index (κ3) is 5.30. The van der Waals surface area contributed by atoms with Crippen molar-refractivity contribution in [3.05, 3.63) is 59.7 Å². The van der Waals surface area contributed by atoms with E-state index in [1.807, 2.05) is 0 Å². The molecule has 1 aliphatic rings. The normalized spacial score (nSPS) is 16.9. The fourth-order valence-electron chi connectivity index (χ4n) is 2.88.